The number of hydrogen-bond acceptors (Lipinski definition) is 4. The third-order valence-corrected chi connectivity index (χ3v) is 3.24. The number of oxazole rings is 1. The van der Waals surface area contributed by atoms with Crippen LogP contribution < -0.4 is 5.32 Å². The van der Waals surface area contributed by atoms with Crippen molar-refractivity contribution in [2.24, 2.45) is 0 Å². The summed E-state index contributed by atoms with van der Waals surface area (Å²) in [4.78, 5) is 15.4. The highest BCUT2D eigenvalue weighted by atomic mass is 32.1. The first-order chi connectivity index (χ1) is 10.2. The minimum absolute atomic E-state index is 0.0699. The maximum Gasteiger partial charge on any atom is 0.266 e. The molecule has 0 unspecified atom stereocenters. The van der Waals surface area contributed by atoms with Gasteiger partial charge in [0, 0.05) is 11.3 Å². The van der Waals surface area contributed by atoms with Crippen LogP contribution in [0.25, 0.3) is 11.1 Å². The van der Waals surface area contributed by atoms with E-state index in [-0.39, 0.29) is 17.4 Å². The molecule has 3 N–H and O–H groups in total. The van der Waals surface area contributed by atoms with Crippen molar-refractivity contribution in [2.75, 3.05) is 5.32 Å². The average molecular weight is 300 g/mol. The molecular formula is C15H12N2O3S. The quantitative estimate of drug-likeness (QED) is 0.649. The van der Waals surface area contributed by atoms with Gasteiger partial charge >= 0.3 is 0 Å². The van der Waals surface area contributed by atoms with Crippen molar-refractivity contribution in [1.82, 2.24) is 4.98 Å². The summed E-state index contributed by atoms with van der Waals surface area (Å²) >= 11 is 4.91. The Kier molecular flexibility index (Phi) is 3.55. The molecule has 0 aliphatic heterocycles. The van der Waals surface area contributed by atoms with Crippen LogP contribution in [0.2, 0.25) is 0 Å². The third kappa shape index (κ3) is 2.86. The molecule has 5 nitrogen and oxygen atoms in total. The van der Waals surface area contributed by atoms with E-state index in [0.717, 1.165) is 11.1 Å². The van der Waals surface area contributed by atoms with Gasteiger partial charge in [-0.1, -0.05) is 12.1 Å². The number of aliphatic hydroxyl groups excluding tert-OH is 1. The molecule has 6 heteroatoms. The number of nitrogens with one attached hydrogen (secondary N) is 2. The van der Waals surface area contributed by atoms with E-state index in [1.54, 1.807) is 42.5 Å². The first-order valence-electron chi connectivity index (χ1n) is 6.30. The summed E-state index contributed by atoms with van der Waals surface area (Å²) in [5.41, 5.74) is 3.12. The number of hydrogen-bond donors (Lipinski definition) is 3. The van der Waals surface area contributed by atoms with E-state index in [9.17, 15) is 4.79 Å². The van der Waals surface area contributed by atoms with Crippen molar-refractivity contribution >= 4 is 34.9 Å². The molecule has 0 aliphatic carbocycles. The first kappa shape index (κ1) is 13.5. The molecular weight excluding hydrogens is 288 g/mol. The second-order valence-electron chi connectivity index (χ2n) is 4.54. The number of aliphatic hydroxyl groups is 1. The van der Waals surface area contributed by atoms with Crippen LogP contribution in [0.4, 0.5) is 5.69 Å². The number of anilines is 1. The van der Waals surface area contributed by atoms with E-state index in [0.29, 0.717) is 16.8 Å². The summed E-state index contributed by atoms with van der Waals surface area (Å²) in [6.07, 6.45) is 0. The van der Waals surface area contributed by atoms with Crippen molar-refractivity contribution in [2.45, 2.75) is 6.61 Å². The highest BCUT2D eigenvalue weighted by molar-refractivity contribution is 7.71. The smallest absolute Gasteiger partial charge is 0.266 e. The Balaban J connectivity index is 1.87. The highest BCUT2D eigenvalue weighted by Gasteiger charge is 2.09. The molecule has 0 radical (unpaired) electrons. The maximum atomic E-state index is 12.2. The summed E-state index contributed by atoms with van der Waals surface area (Å²) in [5, 5.41) is 11.9. The van der Waals surface area contributed by atoms with Gasteiger partial charge in [-0.25, -0.2) is 0 Å². The Bertz CT molecular complexity index is 866. The number of aromatic nitrogens is 1. The number of amides is 1. The van der Waals surface area contributed by atoms with Gasteiger partial charge in [-0.05, 0) is 48.1 Å². The van der Waals surface area contributed by atoms with Gasteiger partial charge in [-0.3, -0.25) is 4.79 Å². The average Bonchev–Trinajstić information content (AvgIpc) is 2.86. The molecule has 0 fully saturated rings. The van der Waals surface area contributed by atoms with Crippen molar-refractivity contribution in [3.63, 3.8) is 0 Å². The van der Waals surface area contributed by atoms with Crippen molar-refractivity contribution < 1.29 is 14.3 Å². The third-order valence-electron chi connectivity index (χ3n) is 3.05. The van der Waals surface area contributed by atoms with E-state index in [1.165, 1.54) is 0 Å². The summed E-state index contributed by atoms with van der Waals surface area (Å²) in [6.45, 7) is -0.0699. The molecule has 0 spiro atoms. The van der Waals surface area contributed by atoms with Gasteiger partial charge in [0.05, 0.1) is 12.1 Å². The summed E-state index contributed by atoms with van der Waals surface area (Å²) < 4.78 is 5.29. The van der Waals surface area contributed by atoms with Crippen molar-refractivity contribution in [1.29, 1.82) is 0 Å². The molecule has 1 amide bonds. The van der Waals surface area contributed by atoms with E-state index >= 15 is 0 Å². The predicted molar refractivity (Wildman–Crippen MR) is 81.7 cm³/mol. The van der Waals surface area contributed by atoms with Crippen LogP contribution in [0.5, 0.6) is 0 Å². The van der Waals surface area contributed by atoms with Gasteiger partial charge in [0.1, 0.15) is 0 Å². The van der Waals surface area contributed by atoms with Gasteiger partial charge in [0.15, 0.2) is 5.58 Å². The Morgan fingerprint density at radius 1 is 1.29 bits per heavy atom. The lowest BCUT2D eigenvalue weighted by Crippen LogP contribution is -2.11. The number of carbonyl (C=O) groups is 1. The van der Waals surface area contributed by atoms with E-state index in [4.69, 9.17) is 21.7 Å². The molecule has 0 atom stereocenters. The van der Waals surface area contributed by atoms with Crippen LogP contribution in [0, 0.1) is 4.84 Å². The fourth-order valence-electron chi connectivity index (χ4n) is 2.04. The topological polar surface area (TPSA) is 78.3 Å². The standard InChI is InChI=1S/C15H12N2O3S/c18-8-9-2-1-3-11(6-9)16-14(19)10-4-5-12-13(7-10)20-15(21)17-12/h1-7,18H,8H2,(H,16,19)(H,17,21). The van der Waals surface area contributed by atoms with Gasteiger partial charge in [-0.15, -0.1) is 0 Å². The fourth-order valence-corrected chi connectivity index (χ4v) is 2.24. The zero-order valence-corrected chi connectivity index (χ0v) is 11.7. The van der Waals surface area contributed by atoms with Gasteiger partial charge in [-0.2, -0.15) is 0 Å². The fraction of sp³-hybridized carbons (Fsp3) is 0.0667. The zero-order chi connectivity index (χ0) is 14.8. The van der Waals surface area contributed by atoms with Crippen molar-refractivity contribution in [3.8, 4) is 0 Å². The van der Waals surface area contributed by atoms with Gasteiger partial charge in [0.25, 0.3) is 10.7 Å². The summed E-state index contributed by atoms with van der Waals surface area (Å²) in [7, 11) is 0. The summed E-state index contributed by atoms with van der Waals surface area (Å²) in [5.74, 6) is -0.255. The van der Waals surface area contributed by atoms with E-state index in [2.05, 4.69) is 10.3 Å². The Labute approximate surface area is 125 Å². The molecule has 0 saturated heterocycles. The summed E-state index contributed by atoms with van der Waals surface area (Å²) in [6, 6.07) is 12.1. The van der Waals surface area contributed by atoms with E-state index < -0.39 is 0 Å². The Morgan fingerprint density at radius 2 is 2.14 bits per heavy atom. The van der Waals surface area contributed by atoms with Gasteiger partial charge < -0.3 is 19.8 Å². The van der Waals surface area contributed by atoms with Crippen LogP contribution in [0.15, 0.2) is 46.9 Å². The van der Waals surface area contributed by atoms with Gasteiger partial charge in [0.2, 0.25) is 0 Å². The Hall–Kier alpha value is -2.44. The lowest BCUT2D eigenvalue weighted by Gasteiger charge is -2.06. The molecule has 3 aromatic rings. The van der Waals surface area contributed by atoms with Crippen LogP contribution in [-0.2, 0) is 6.61 Å². The molecule has 106 valence electrons. The molecule has 1 aromatic heterocycles. The zero-order valence-electron chi connectivity index (χ0n) is 10.9. The normalized spacial score (nSPS) is 10.7. The maximum absolute atomic E-state index is 12.2. The largest absolute Gasteiger partial charge is 0.429 e. The van der Waals surface area contributed by atoms with Crippen LogP contribution in [0.3, 0.4) is 0 Å². The van der Waals surface area contributed by atoms with E-state index in [1.807, 2.05) is 0 Å². The lowest BCUT2D eigenvalue weighted by molar-refractivity contribution is 0.102. The number of aromatic amines is 1. The number of carbonyl (C=O) groups excluding carboxylic acids is 1. The van der Waals surface area contributed by atoms with Crippen LogP contribution in [0.1, 0.15) is 15.9 Å². The molecule has 0 bridgehead atoms. The van der Waals surface area contributed by atoms with Crippen LogP contribution in [-0.4, -0.2) is 16.0 Å². The Morgan fingerprint density at radius 3 is 2.95 bits per heavy atom. The lowest BCUT2D eigenvalue weighted by atomic mass is 10.1. The monoisotopic (exact) mass is 300 g/mol. The second-order valence-corrected chi connectivity index (χ2v) is 4.91. The highest BCUT2D eigenvalue weighted by Crippen LogP contribution is 2.17. The number of H-pyrrole nitrogens is 1. The van der Waals surface area contributed by atoms with Crippen LogP contribution >= 0.6 is 12.2 Å². The molecule has 3 rings (SSSR count). The minimum atomic E-state index is -0.255. The molecule has 0 aliphatic rings. The van der Waals surface area contributed by atoms with Crippen molar-refractivity contribution in [3.05, 3.63) is 58.4 Å². The first-order valence-corrected chi connectivity index (χ1v) is 6.70. The minimum Gasteiger partial charge on any atom is -0.429 e. The number of fused-ring (bicyclic) bond motifs is 1. The molecule has 21 heavy (non-hydrogen) atoms. The SMILES string of the molecule is O=C(Nc1cccc(CO)c1)c1ccc2[nH]c(=S)oc2c1. The number of rotatable bonds is 3. The number of benzene rings is 2. The molecule has 1 heterocycles. The second kappa shape index (κ2) is 5.51. The molecule has 2 aromatic carbocycles. The predicted octanol–water partition coefficient (Wildman–Crippen LogP) is 3.23. The molecule has 0 saturated carbocycles.